The highest BCUT2D eigenvalue weighted by Crippen LogP contribution is 2.43. The molecule has 8 nitrogen and oxygen atoms in total. The molecule has 0 fully saturated rings. The summed E-state index contributed by atoms with van der Waals surface area (Å²) in [7, 11) is 2.03. The number of benzene rings is 2. The van der Waals surface area contributed by atoms with Gasteiger partial charge in [-0.3, -0.25) is 9.59 Å². The third kappa shape index (κ3) is 7.14. The van der Waals surface area contributed by atoms with Crippen LogP contribution >= 0.6 is 34.8 Å². The van der Waals surface area contributed by atoms with Gasteiger partial charge in [-0.25, -0.2) is 0 Å². The molecule has 1 atom stereocenters. The summed E-state index contributed by atoms with van der Waals surface area (Å²) in [5.41, 5.74) is 3.45. The van der Waals surface area contributed by atoms with Crippen LogP contribution in [-0.4, -0.2) is 66.5 Å². The Morgan fingerprint density at radius 3 is 2.39 bits per heavy atom. The number of hydrogen-bond acceptors (Lipinski definition) is 5. The van der Waals surface area contributed by atoms with Gasteiger partial charge >= 0.3 is 0 Å². The lowest BCUT2D eigenvalue weighted by molar-refractivity contribution is -0.123. The van der Waals surface area contributed by atoms with Crippen LogP contribution in [0.1, 0.15) is 6.42 Å². The molecule has 3 aromatic rings. The molecule has 1 aliphatic rings. The van der Waals surface area contributed by atoms with Gasteiger partial charge in [0.25, 0.3) is 11.7 Å². The van der Waals surface area contributed by atoms with E-state index in [1.165, 1.54) is 0 Å². The summed E-state index contributed by atoms with van der Waals surface area (Å²) < 4.78 is 1.77. The molecule has 1 aliphatic heterocycles. The largest absolute Gasteiger partial charge is 1.00 e. The maximum absolute atomic E-state index is 14.4. The van der Waals surface area contributed by atoms with Crippen molar-refractivity contribution in [3.63, 3.8) is 0 Å². The van der Waals surface area contributed by atoms with Gasteiger partial charge in [0.2, 0.25) is 5.91 Å². The minimum Gasteiger partial charge on any atom is -1.00 e. The number of alkyl halides is 2. The minimum atomic E-state index is -1.38. The maximum Gasteiger partial charge on any atom is 0.293 e. The summed E-state index contributed by atoms with van der Waals surface area (Å²) in [5, 5.41) is 9.98. The van der Waals surface area contributed by atoms with Crippen LogP contribution in [0.15, 0.2) is 60.9 Å². The predicted molar refractivity (Wildman–Crippen MR) is 172 cm³/mol. The van der Waals surface area contributed by atoms with Gasteiger partial charge in [0.05, 0.1) is 52.4 Å². The van der Waals surface area contributed by atoms with Gasteiger partial charge in [-0.2, -0.15) is 0 Å². The van der Waals surface area contributed by atoms with Crippen LogP contribution in [0.3, 0.4) is 0 Å². The molecule has 0 spiro atoms. The summed E-state index contributed by atoms with van der Waals surface area (Å²) >= 11 is 18.8. The number of amides is 2. The van der Waals surface area contributed by atoms with Crippen molar-refractivity contribution < 1.29 is 22.0 Å². The van der Waals surface area contributed by atoms with E-state index in [9.17, 15) is 9.59 Å². The number of halogens is 4. The fourth-order valence-electron chi connectivity index (χ4n) is 4.76. The number of anilines is 5. The molecule has 0 aliphatic carbocycles. The van der Waals surface area contributed by atoms with Crippen molar-refractivity contribution in [1.82, 2.24) is 4.57 Å². The molecule has 41 heavy (non-hydrogen) atoms. The molecule has 2 aromatic carbocycles. The lowest BCUT2D eigenvalue weighted by Crippen LogP contribution is -3.00. The summed E-state index contributed by atoms with van der Waals surface area (Å²) in [4.78, 5) is 30.8. The Morgan fingerprint density at radius 1 is 1.02 bits per heavy atom. The van der Waals surface area contributed by atoms with Gasteiger partial charge in [0.1, 0.15) is 5.75 Å². The predicted octanol–water partition coefficient (Wildman–Crippen LogP) is 2.45. The number of carbonyl (C=O) groups excluding carboxylic acids is 2. The number of hydrogen-bond donors (Lipinski definition) is 3. The Hall–Kier alpha value is -2.43. The molecule has 1 unspecified atom stereocenters. The summed E-state index contributed by atoms with van der Waals surface area (Å²) in [6, 6.07) is 14.9. The second kappa shape index (κ2) is 14.6. The molecule has 2 amide bonds. The maximum atomic E-state index is 14.4. The first-order chi connectivity index (χ1) is 19.2. The number of likely N-dealkylation sites (N-methyl/N-ethyl adjacent to an activating group) is 1. The molecular formula is C28H34Cl4N6O2S. The molecule has 2 heterocycles. The minimum absolute atomic E-state index is 0. The number of rotatable bonds is 12. The van der Waals surface area contributed by atoms with E-state index in [4.69, 9.17) is 34.8 Å². The van der Waals surface area contributed by atoms with E-state index in [-0.39, 0.29) is 35.1 Å². The van der Waals surface area contributed by atoms with E-state index in [0.29, 0.717) is 53.4 Å². The lowest BCUT2D eigenvalue weighted by Gasteiger charge is -2.37. The molecule has 222 valence electrons. The highest BCUT2D eigenvalue weighted by Gasteiger charge is 2.50. The topological polar surface area (TPSA) is 81.6 Å². The Labute approximate surface area is 265 Å². The van der Waals surface area contributed by atoms with Gasteiger partial charge in [-0.05, 0) is 41.2 Å². The standard InChI is InChI=1S/C28H33Cl3N6O2S.ClH/c1-35-24-10-5-4-8-22(24)34-28(35,37-15-11-20(19-37)32-25(38)12-18-40(2)3)27(39)33-23-9-6-7-21(31)26(23)36(16-13-29)17-14-30;/h4-11,15,19,34H,12-14,16-18H2,1-3H3,(H-,32,33,38,39);1H. The Morgan fingerprint density at radius 2 is 1.73 bits per heavy atom. The second-order valence-electron chi connectivity index (χ2n) is 9.62. The number of nitrogens with one attached hydrogen (secondary N) is 3. The smallest absolute Gasteiger partial charge is 0.293 e. The zero-order chi connectivity index (χ0) is 28.9. The number of nitrogens with zero attached hydrogens (tertiary/aromatic N) is 3. The van der Waals surface area contributed by atoms with Crippen molar-refractivity contribution >= 4 is 85.9 Å². The Kier molecular flexibility index (Phi) is 11.8. The zero-order valence-corrected chi connectivity index (χ0v) is 26.9. The SMILES string of the molecule is CN1c2ccccc2NC1(C(=O)Nc1cccc(Cl)c1N(CCCl)CCCl)n1ccc(NC(=O)CC[S+](C)C)c1.[Cl-]. The highest BCUT2D eigenvalue weighted by atomic mass is 35.5. The number of carbonyl (C=O) groups is 2. The summed E-state index contributed by atoms with van der Waals surface area (Å²) in [5.74, 6) is -0.222. The van der Waals surface area contributed by atoms with Crippen LogP contribution in [-0.2, 0) is 26.3 Å². The van der Waals surface area contributed by atoms with Gasteiger partial charge in [0, 0.05) is 44.3 Å². The van der Waals surface area contributed by atoms with Crippen LogP contribution in [0, 0.1) is 0 Å². The van der Waals surface area contributed by atoms with E-state index in [1.807, 2.05) is 41.1 Å². The van der Waals surface area contributed by atoms with Crippen molar-refractivity contribution in [2.24, 2.45) is 0 Å². The van der Waals surface area contributed by atoms with E-state index >= 15 is 0 Å². The highest BCUT2D eigenvalue weighted by molar-refractivity contribution is 7.95. The van der Waals surface area contributed by atoms with Crippen LogP contribution in [0.4, 0.5) is 28.4 Å². The van der Waals surface area contributed by atoms with Gasteiger partial charge in [0.15, 0.2) is 0 Å². The van der Waals surface area contributed by atoms with Crippen molar-refractivity contribution in [3.05, 3.63) is 65.9 Å². The molecule has 0 saturated heterocycles. The summed E-state index contributed by atoms with van der Waals surface area (Å²) in [6.07, 6.45) is 8.20. The molecule has 0 radical (unpaired) electrons. The fourth-order valence-corrected chi connectivity index (χ4v) is 6.06. The lowest BCUT2D eigenvalue weighted by atomic mass is 10.2. The molecule has 3 N–H and O–H groups in total. The van der Waals surface area contributed by atoms with Gasteiger partial charge in [-0.15, -0.1) is 23.2 Å². The molecule has 0 saturated carbocycles. The average Bonchev–Trinajstić information content (AvgIpc) is 3.50. The normalized spacial score (nSPS) is 15.6. The van der Waals surface area contributed by atoms with Crippen LogP contribution in [0.2, 0.25) is 5.02 Å². The number of para-hydroxylation sites is 3. The molecule has 1 aromatic heterocycles. The first-order valence-electron chi connectivity index (χ1n) is 12.8. The average molecular weight is 660 g/mol. The first kappa shape index (κ1) is 33.1. The van der Waals surface area contributed by atoms with E-state index < -0.39 is 5.79 Å². The van der Waals surface area contributed by atoms with Crippen molar-refractivity contribution in [2.45, 2.75) is 12.2 Å². The van der Waals surface area contributed by atoms with E-state index in [2.05, 4.69) is 28.5 Å². The second-order valence-corrected chi connectivity index (χ2v) is 13.2. The summed E-state index contributed by atoms with van der Waals surface area (Å²) in [6.45, 7) is 1.02. The van der Waals surface area contributed by atoms with E-state index in [1.54, 1.807) is 41.2 Å². The first-order valence-corrected chi connectivity index (χ1v) is 16.5. The number of aromatic nitrogens is 1. The third-order valence-electron chi connectivity index (χ3n) is 6.72. The quantitative estimate of drug-likeness (QED) is 0.206. The molecular weight excluding hydrogens is 626 g/mol. The molecule has 0 bridgehead atoms. The zero-order valence-electron chi connectivity index (χ0n) is 23.1. The van der Waals surface area contributed by atoms with Crippen LogP contribution in [0.5, 0.6) is 0 Å². The Balaban J connectivity index is 0.00000462. The Bertz CT molecular complexity index is 1350. The van der Waals surface area contributed by atoms with Gasteiger partial charge < -0.3 is 42.7 Å². The van der Waals surface area contributed by atoms with Crippen molar-refractivity contribution in [1.29, 1.82) is 0 Å². The van der Waals surface area contributed by atoms with Gasteiger partial charge in [-0.1, -0.05) is 29.8 Å². The van der Waals surface area contributed by atoms with Crippen molar-refractivity contribution in [3.8, 4) is 0 Å². The monoisotopic (exact) mass is 658 g/mol. The van der Waals surface area contributed by atoms with Crippen LogP contribution < -0.4 is 38.2 Å². The molecule has 13 heteroatoms. The van der Waals surface area contributed by atoms with Crippen molar-refractivity contribution in [2.75, 3.05) is 75.9 Å². The third-order valence-corrected chi connectivity index (χ3v) is 8.39. The number of fused-ring (bicyclic) bond motifs is 1. The van der Waals surface area contributed by atoms with E-state index in [0.717, 1.165) is 17.1 Å². The molecule has 4 rings (SSSR count). The fraction of sp³-hybridized carbons (Fsp3) is 0.357. The van der Waals surface area contributed by atoms with Crippen LogP contribution in [0.25, 0.3) is 0 Å².